The molecule has 2 fully saturated rings. The van der Waals surface area contributed by atoms with E-state index in [0.29, 0.717) is 0 Å². The van der Waals surface area contributed by atoms with E-state index in [9.17, 15) is 0 Å². The second-order valence-electron chi connectivity index (χ2n) is 6.16. The van der Waals surface area contributed by atoms with Gasteiger partial charge in [0.05, 0.1) is 0 Å². The third-order valence-electron chi connectivity index (χ3n) is 5.26. The zero-order valence-corrected chi connectivity index (χ0v) is 11.2. The van der Waals surface area contributed by atoms with Crippen molar-refractivity contribution < 1.29 is 4.74 Å². The lowest BCUT2D eigenvalue weighted by Crippen LogP contribution is -2.27. The largest absolute Gasteiger partial charge is 0.381 e. The van der Waals surface area contributed by atoms with Gasteiger partial charge in [-0.2, -0.15) is 0 Å². The van der Waals surface area contributed by atoms with Crippen molar-refractivity contribution in [3.8, 4) is 0 Å². The molecule has 1 nitrogen and oxygen atoms in total. The first-order valence-corrected chi connectivity index (χ1v) is 7.31. The Morgan fingerprint density at radius 1 is 1.06 bits per heavy atom. The molecule has 0 aromatic heterocycles. The Hall–Kier alpha value is -0.0400. The molecule has 2 bridgehead atoms. The van der Waals surface area contributed by atoms with Crippen molar-refractivity contribution in [3.05, 3.63) is 0 Å². The van der Waals surface area contributed by atoms with Crippen LogP contribution in [0.3, 0.4) is 0 Å². The number of fused-ring (bicyclic) bond motifs is 2. The second-order valence-corrected chi connectivity index (χ2v) is 6.16. The monoisotopic (exact) mass is 224 g/mol. The van der Waals surface area contributed by atoms with E-state index in [2.05, 4.69) is 20.8 Å². The molecular formula is C15H28O. The minimum Gasteiger partial charge on any atom is -0.381 e. The summed E-state index contributed by atoms with van der Waals surface area (Å²) in [5, 5.41) is 0. The molecule has 0 saturated heterocycles. The number of hydrogen-bond acceptors (Lipinski definition) is 1. The average molecular weight is 224 g/mol. The Morgan fingerprint density at radius 3 is 2.50 bits per heavy atom. The number of unbranched alkanes of at least 4 members (excludes halogenated alkanes) is 2. The van der Waals surface area contributed by atoms with Crippen molar-refractivity contribution >= 4 is 0 Å². The van der Waals surface area contributed by atoms with Gasteiger partial charge in [-0.05, 0) is 48.9 Å². The Balaban J connectivity index is 1.65. The molecule has 2 saturated carbocycles. The maximum absolute atomic E-state index is 5.86. The van der Waals surface area contributed by atoms with Crippen molar-refractivity contribution in [1.29, 1.82) is 0 Å². The van der Waals surface area contributed by atoms with Gasteiger partial charge in [-0.3, -0.25) is 0 Å². The minimum atomic E-state index is 0.887. The Bertz CT molecular complexity index is 211. The Labute approximate surface area is 101 Å². The van der Waals surface area contributed by atoms with E-state index in [1.54, 1.807) is 0 Å². The Kier molecular flexibility index (Phi) is 4.29. The van der Waals surface area contributed by atoms with Crippen molar-refractivity contribution in [2.24, 2.45) is 29.6 Å². The standard InChI is InChI=1S/C15H28O/c1-4-5-6-7-16-10-14-8-13-9-15(14)12(3)11(13)2/h11-15H,4-10H2,1-3H3. The van der Waals surface area contributed by atoms with E-state index >= 15 is 0 Å². The van der Waals surface area contributed by atoms with Crippen LogP contribution in [0.5, 0.6) is 0 Å². The highest BCUT2D eigenvalue weighted by atomic mass is 16.5. The fraction of sp³-hybridized carbons (Fsp3) is 1.00. The van der Waals surface area contributed by atoms with Gasteiger partial charge in [0.2, 0.25) is 0 Å². The molecule has 0 N–H and O–H groups in total. The minimum absolute atomic E-state index is 0.887. The van der Waals surface area contributed by atoms with Gasteiger partial charge >= 0.3 is 0 Å². The SMILES string of the molecule is CCCCCOCC1CC2CC1C(C)C2C. The highest BCUT2D eigenvalue weighted by Gasteiger charge is 2.48. The summed E-state index contributed by atoms with van der Waals surface area (Å²) >= 11 is 0. The molecule has 0 heterocycles. The summed E-state index contributed by atoms with van der Waals surface area (Å²) in [5.41, 5.74) is 0. The van der Waals surface area contributed by atoms with E-state index in [4.69, 9.17) is 4.74 Å². The summed E-state index contributed by atoms with van der Waals surface area (Å²) in [6.45, 7) is 9.19. The summed E-state index contributed by atoms with van der Waals surface area (Å²) in [5.74, 6) is 4.80. The van der Waals surface area contributed by atoms with Gasteiger partial charge in [0, 0.05) is 13.2 Å². The third-order valence-corrected chi connectivity index (χ3v) is 5.26. The van der Waals surface area contributed by atoms with Gasteiger partial charge in [0.15, 0.2) is 0 Å². The van der Waals surface area contributed by atoms with Crippen LogP contribution in [0, 0.1) is 29.6 Å². The average Bonchev–Trinajstić information content (AvgIpc) is 2.80. The van der Waals surface area contributed by atoms with Crippen molar-refractivity contribution in [3.63, 3.8) is 0 Å². The smallest absolute Gasteiger partial charge is 0.0497 e. The summed E-state index contributed by atoms with van der Waals surface area (Å²) in [4.78, 5) is 0. The molecule has 0 amide bonds. The van der Waals surface area contributed by atoms with Crippen LogP contribution in [-0.2, 0) is 4.74 Å². The predicted octanol–water partition coefficient (Wildman–Crippen LogP) is 4.12. The first-order valence-electron chi connectivity index (χ1n) is 7.31. The first kappa shape index (κ1) is 12.4. The molecule has 0 aliphatic heterocycles. The molecule has 5 unspecified atom stereocenters. The summed E-state index contributed by atoms with van der Waals surface area (Å²) in [7, 11) is 0. The summed E-state index contributed by atoms with van der Waals surface area (Å²) in [6.07, 6.45) is 6.81. The first-order chi connectivity index (χ1) is 7.74. The molecule has 2 aliphatic carbocycles. The van der Waals surface area contributed by atoms with Crippen LogP contribution in [0.2, 0.25) is 0 Å². The zero-order chi connectivity index (χ0) is 11.5. The molecule has 0 radical (unpaired) electrons. The van der Waals surface area contributed by atoms with Crippen LogP contribution in [0.1, 0.15) is 52.9 Å². The number of rotatable bonds is 6. The van der Waals surface area contributed by atoms with Gasteiger partial charge in [-0.15, -0.1) is 0 Å². The zero-order valence-electron chi connectivity index (χ0n) is 11.2. The number of ether oxygens (including phenoxy) is 1. The van der Waals surface area contributed by atoms with Crippen molar-refractivity contribution in [2.45, 2.75) is 52.9 Å². The van der Waals surface area contributed by atoms with Gasteiger partial charge in [0.25, 0.3) is 0 Å². The van der Waals surface area contributed by atoms with Gasteiger partial charge in [0.1, 0.15) is 0 Å². The maximum atomic E-state index is 5.86. The molecule has 2 rings (SSSR count). The molecule has 16 heavy (non-hydrogen) atoms. The Morgan fingerprint density at radius 2 is 1.88 bits per heavy atom. The molecule has 5 atom stereocenters. The van der Waals surface area contributed by atoms with Gasteiger partial charge in [-0.25, -0.2) is 0 Å². The van der Waals surface area contributed by atoms with E-state index < -0.39 is 0 Å². The highest BCUT2D eigenvalue weighted by Crippen LogP contribution is 2.54. The molecular weight excluding hydrogens is 196 g/mol. The van der Waals surface area contributed by atoms with Crippen molar-refractivity contribution in [1.82, 2.24) is 0 Å². The van der Waals surface area contributed by atoms with E-state index in [0.717, 1.165) is 42.8 Å². The van der Waals surface area contributed by atoms with Crippen molar-refractivity contribution in [2.75, 3.05) is 13.2 Å². The van der Waals surface area contributed by atoms with Crippen LogP contribution in [0.4, 0.5) is 0 Å². The van der Waals surface area contributed by atoms with Gasteiger partial charge < -0.3 is 4.74 Å². The van der Waals surface area contributed by atoms with E-state index in [1.165, 1.54) is 32.1 Å². The quantitative estimate of drug-likeness (QED) is 0.617. The lowest BCUT2D eigenvalue weighted by molar-refractivity contribution is 0.0546. The number of hydrogen-bond donors (Lipinski definition) is 0. The lowest BCUT2D eigenvalue weighted by atomic mass is 9.76. The molecule has 2 aliphatic rings. The normalized spacial score (nSPS) is 41.8. The van der Waals surface area contributed by atoms with E-state index in [1.807, 2.05) is 0 Å². The van der Waals surface area contributed by atoms with Gasteiger partial charge in [-0.1, -0.05) is 33.6 Å². The van der Waals surface area contributed by atoms with Crippen LogP contribution in [0.25, 0.3) is 0 Å². The highest BCUT2D eigenvalue weighted by molar-refractivity contribution is 4.97. The molecule has 0 aromatic carbocycles. The third kappa shape index (κ3) is 2.45. The summed E-state index contributed by atoms with van der Waals surface area (Å²) in [6, 6.07) is 0. The second kappa shape index (κ2) is 5.53. The fourth-order valence-corrected chi connectivity index (χ4v) is 3.97. The fourth-order valence-electron chi connectivity index (χ4n) is 3.97. The molecule has 94 valence electrons. The lowest BCUT2D eigenvalue weighted by Gasteiger charge is -2.31. The van der Waals surface area contributed by atoms with E-state index in [-0.39, 0.29) is 0 Å². The van der Waals surface area contributed by atoms with Crippen LogP contribution in [-0.4, -0.2) is 13.2 Å². The predicted molar refractivity (Wildman–Crippen MR) is 68.4 cm³/mol. The maximum Gasteiger partial charge on any atom is 0.0497 e. The van der Waals surface area contributed by atoms with Crippen LogP contribution in [0.15, 0.2) is 0 Å². The van der Waals surface area contributed by atoms with Crippen LogP contribution >= 0.6 is 0 Å². The van der Waals surface area contributed by atoms with Crippen LogP contribution < -0.4 is 0 Å². The molecule has 0 aromatic rings. The molecule has 1 heteroatoms. The molecule has 0 spiro atoms. The summed E-state index contributed by atoms with van der Waals surface area (Å²) < 4.78 is 5.86. The topological polar surface area (TPSA) is 9.23 Å².